The van der Waals surface area contributed by atoms with E-state index in [0.717, 1.165) is 43.3 Å². The molecule has 5 rings (SSSR count). The number of esters is 1. The van der Waals surface area contributed by atoms with Crippen LogP contribution < -0.4 is 4.74 Å². The summed E-state index contributed by atoms with van der Waals surface area (Å²) in [6.45, 7) is 4.59. The predicted molar refractivity (Wildman–Crippen MR) is 147 cm³/mol. The molecule has 4 aliphatic carbocycles. The molecule has 2 heteroatoms. The predicted octanol–water partition coefficient (Wildman–Crippen LogP) is 9.83. The Bertz CT molecular complexity index is 746. The number of aryl methyl sites for hydroxylation is 1. The van der Waals surface area contributed by atoms with E-state index in [0.29, 0.717) is 5.41 Å². The van der Waals surface area contributed by atoms with E-state index in [9.17, 15) is 4.79 Å². The lowest BCUT2D eigenvalue weighted by atomic mass is 9.52. The van der Waals surface area contributed by atoms with Gasteiger partial charge in [-0.15, -0.1) is 0 Å². The van der Waals surface area contributed by atoms with Gasteiger partial charge in [0.05, 0.1) is 5.41 Å². The smallest absolute Gasteiger partial charge is 0.317 e. The zero-order chi connectivity index (χ0) is 24.6. The summed E-state index contributed by atoms with van der Waals surface area (Å²) in [5, 5.41) is 0. The first-order valence-corrected chi connectivity index (χ1v) is 15.4. The van der Waals surface area contributed by atoms with Crippen LogP contribution >= 0.6 is 0 Å². The van der Waals surface area contributed by atoms with Crippen LogP contribution in [0.1, 0.15) is 141 Å². The highest BCUT2D eigenvalue weighted by Crippen LogP contribution is 2.59. The van der Waals surface area contributed by atoms with Crippen molar-refractivity contribution in [3.63, 3.8) is 0 Å². The average Bonchev–Trinajstić information content (AvgIpc) is 2.90. The van der Waals surface area contributed by atoms with Gasteiger partial charge in [-0.3, -0.25) is 4.79 Å². The first-order valence-electron chi connectivity index (χ1n) is 15.4. The highest BCUT2D eigenvalue weighted by atomic mass is 16.5. The highest BCUT2D eigenvalue weighted by Gasteiger charge is 2.52. The first kappa shape index (κ1) is 26.7. The summed E-state index contributed by atoms with van der Waals surface area (Å²) in [4.78, 5) is 13.2. The van der Waals surface area contributed by atoms with Crippen LogP contribution in [0.25, 0.3) is 0 Å². The molecule has 4 saturated carbocycles. The van der Waals surface area contributed by atoms with Crippen molar-refractivity contribution >= 4 is 5.97 Å². The number of benzene rings is 1. The fourth-order valence-electron chi connectivity index (χ4n) is 7.50. The Labute approximate surface area is 216 Å². The average molecular weight is 481 g/mol. The van der Waals surface area contributed by atoms with E-state index in [-0.39, 0.29) is 11.4 Å². The van der Waals surface area contributed by atoms with Gasteiger partial charge in [0.25, 0.3) is 0 Å². The fraction of sp³-hybridized carbons (Fsp3) is 0.788. The van der Waals surface area contributed by atoms with Crippen molar-refractivity contribution in [2.24, 2.45) is 22.7 Å². The van der Waals surface area contributed by atoms with Crippen molar-refractivity contribution in [1.29, 1.82) is 0 Å². The lowest BCUT2D eigenvalue weighted by molar-refractivity contribution is -0.156. The maximum absolute atomic E-state index is 13.2. The molecule has 0 heterocycles. The van der Waals surface area contributed by atoms with Crippen LogP contribution in [0.4, 0.5) is 0 Å². The van der Waals surface area contributed by atoms with Crippen LogP contribution in [0.5, 0.6) is 5.75 Å². The monoisotopic (exact) mass is 480 g/mol. The SMILES string of the molecule is CCCCCC1CCC(CCc2ccc(OC(=O)C34CCC(CCCCC)(CC3)CC4)cc2)CC1. The quantitative estimate of drug-likeness (QED) is 0.159. The lowest BCUT2D eigenvalue weighted by Crippen LogP contribution is -2.47. The zero-order valence-corrected chi connectivity index (χ0v) is 22.9. The van der Waals surface area contributed by atoms with Gasteiger partial charge in [0.1, 0.15) is 5.75 Å². The molecular weight excluding hydrogens is 428 g/mol. The second kappa shape index (κ2) is 12.8. The third-order valence-corrected chi connectivity index (χ3v) is 10.3. The van der Waals surface area contributed by atoms with Crippen molar-refractivity contribution in [1.82, 2.24) is 0 Å². The molecule has 0 unspecified atom stereocenters. The summed E-state index contributed by atoms with van der Waals surface area (Å²) in [5.41, 5.74) is 1.72. The minimum atomic E-state index is -0.208. The van der Waals surface area contributed by atoms with Crippen LogP contribution in [-0.2, 0) is 11.2 Å². The molecule has 35 heavy (non-hydrogen) atoms. The maximum atomic E-state index is 13.2. The van der Waals surface area contributed by atoms with Crippen LogP contribution in [0.15, 0.2) is 24.3 Å². The zero-order valence-electron chi connectivity index (χ0n) is 22.9. The van der Waals surface area contributed by atoms with Gasteiger partial charge >= 0.3 is 5.97 Å². The molecule has 196 valence electrons. The highest BCUT2D eigenvalue weighted by molar-refractivity contribution is 5.79. The number of hydrogen-bond donors (Lipinski definition) is 0. The number of ether oxygens (including phenoxy) is 1. The second-order valence-corrected chi connectivity index (χ2v) is 12.7. The van der Waals surface area contributed by atoms with Gasteiger partial charge in [-0.2, -0.15) is 0 Å². The molecule has 0 atom stereocenters. The molecular formula is C33H52O2. The van der Waals surface area contributed by atoms with Crippen molar-refractivity contribution in [2.75, 3.05) is 0 Å². The number of carbonyl (C=O) groups excluding carboxylic acids is 1. The molecule has 1 aromatic carbocycles. The van der Waals surface area contributed by atoms with Gasteiger partial charge in [0, 0.05) is 0 Å². The molecule has 4 fully saturated rings. The van der Waals surface area contributed by atoms with Crippen molar-refractivity contribution in [2.45, 2.75) is 142 Å². The summed E-state index contributed by atoms with van der Waals surface area (Å²) in [7, 11) is 0. The topological polar surface area (TPSA) is 26.3 Å². The summed E-state index contributed by atoms with van der Waals surface area (Å²) in [6, 6.07) is 8.46. The Balaban J connectivity index is 1.18. The van der Waals surface area contributed by atoms with E-state index < -0.39 is 0 Å². The third-order valence-electron chi connectivity index (χ3n) is 10.3. The molecule has 0 amide bonds. The number of unbranched alkanes of at least 4 members (excludes halogenated alkanes) is 4. The fourth-order valence-corrected chi connectivity index (χ4v) is 7.50. The van der Waals surface area contributed by atoms with Gasteiger partial charge < -0.3 is 4.74 Å². The second-order valence-electron chi connectivity index (χ2n) is 12.7. The van der Waals surface area contributed by atoms with Gasteiger partial charge in [-0.05, 0) is 92.7 Å². The maximum Gasteiger partial charge on any atom is 0.317 e. The molecule has 1 aromatic rings. The van der Waals surface area contributed by atoms with Crippen molar-refractivity contribution in [3.05, 3.63) is 29.8 Å². The molecule has 2 bridgehead atoms. The van der Waals surface area contributed by atoms with Crippen LogP contribution in [0.3, 0.4) is 0 Å². The minimum absolute atomic E-state index is 0.0443. The van der Waals surface area contributed by atoms with Gasteiger partial charge in [-0.25, -0.2) is 0 Å². The van der Waals surface area contributed by atoms with Gasteiger partial charge in [-0.1, -0.05) is 96.6 Å². The Morgan fingerprint density at radius 2 is 1.34 bits per heavy atom. The molecule has 0 aliphatic heterocycles. The normalized spacial score (nSPS) is 30.3. The summed E-state index contributed by atoms with van der Waals surface area (Å²) in [6.07, 6.45) is 26.0. The number of carbonyl (C=O) groups is 1. The molecule has 0 aromatic heterocycles. The molecule has 0 spiro atoms. The van der Waals surface area contributed by atoms with Crippen LogP contribution in [0, 0.1) is 22.7 Å². The van der Waals surface area contributed by atoms with Crippen molar-refractivity contribution < 1.29 is 9.53 Å². The number of hydrogen-bond acceptors (Lipinski definition) is 2. The Kier molecular flexibility index (Phi) is 9.76. The summed E-state index contributed by atoms with van der Waals surface area (Å²) < 4.78 is 5.97. The molecule has 0 saturated heterocycles. The van der Waals surface area contributed by atoms with E-state index in [2.05, 4.69) is 26.0 Å². The molecule has 2 nitrogen and oxygen atoms in total. The number of fused-ring (bicyclic) bond motifs is 3. The lowest BCUT2D eigenvalue weighted by Gasteiger charge is -2.52. The van der Waals surface area contributed by atoms with Crippen LogP contribution in [0.2, 0.25) is 0 Å². The minimum Gasteiger partial charge on any atom is -0.426 e. The van der Waals surface area contributed by atoms with E-state index in [1.807, 2.05) is 12.1 Å². The number of rotatable bonds is 13. The summed E-state index contributed by atoms with van der Waals surface area (Å²) >= 11 is 0. The first-order chi connectivity index (χ1) is 17.1. The Morgan fingerprint density at radius 3 is 1.94 bits per heavy atom. The Hall–Kier alpha value is -1.31. The standard InChI is InChI=1S/C33H52O2/c1-3-5-7-9-27-10-12-28(13-11-27)14-15-29-16-18-30(19-17-29)35-31(34)33-24-21-32(22-25-33,23-26-33)20-8-6-4-2/h16-19,27-28H,3-15,20-26H2,1-2H3. The molecule has 4 aliphatic rings. The van der Waals surface area contributed by atoms with E-state index in [4.69, 9.17) is 4.74 Å². The third kappa shape index (κ3) is 7.14. The van der Waals surface area contributed by atoms with Gasteiger partial charge in [0.15, 0.2) is 0 Å². The van der Waals surface area contributed by atoms with Crippen molar-refractivity contribution in [3.8, 4) is 5.75 Å². The van der Waals surface area contributed by atoms with E-state index in [1.54, 1.807) is 0 Å². The molecule has 0 N–H and O–H groups in total. The van der Waals surface area contributed by atoms with E-state index in [1.165, 1.54) is 108 Å². The Morgan fingerprint density at radius 1 is 0.771 bits per heavy atom. The van der Waals surface area contributed by atoms with Gasteiger partial charge in [0.2, 0.25) is 0 Å². The largest absolute Gasteiger partial charge is 0.426 e. The summed E-state index contributed by atoms with van der Waals surface area (Å²) in [5.74, 6) is 2.69. The van der Waals surface area contributed by atoms with Crippen LogP contribution in [-0.4, -0.2) is 5.97 Å². The molecule has 0 radical (unpaired) electrons. The van der Waals surface area contributed by atoms with E-state index >= 15 is 0 Å².